The van der Waals surface area contributed by atoms with Crippen molar-refractivity contribution < 1.29 is 44.1 Å². The molecule has 0 spiro atoms. The van der Waals surface area contributed by atoms with Gasteiger partial charge in [0.15, 0.2) is 0 Å². The summed E-state index contributed by atoms with van der Waals surface area (Å²) in [5.74, 6) is -7.03. The summed E-state index contributed by atoms with van der Waals surface area (Å²) in [4.78, 5) is 71.3. The van der Waals surface area contributed by atoms with Gasteiger partial charge in [-0.05, 0) is 24.7 Å². The Labute approximate surface area is 197 Å². The second-order valence-corrected chi connectivity index (χ2v) is 8.60. The molecule has 0 aromatic heterocycles. The van der Waals surface area contributed by atoms with Crippen LogP contribution in [0.1, 0.15) is 59.8 Å². The minimum Gasteiger partial charge on any atom is -0.481 e. The normalized spacial score (nSPS) is 15.4. The molecule has 34 heavy (non-hydrogen) atoms. The Morgan fingerprint density at radius 1 is 0.794 bits per heavy atom. The SMILES string of the molecule is CC[C@H](C)[C@H](NC(=O)[C@H](CCC(=O)O)NC(=O)[C@@H](N)CC(C)C)C(=O)N[C@@H](CC(=O)O)C(=O)O. The Morgan fingerprint density at radius 2 is 1.35 bits per heavy atom. The topological polar surface area (TPSA) is 225 Å². The van der Waals surface area contributed by atoms with E-state index in [1.807, 2.05) is 13.8 Å². The summed E-state index contributed by atoms with van der Waals surface area (Å²) in [6.45, 7) is 7.04. The molecule has 0 radical (unpaired) electrons. The third-order valence-corrected chi connectivity index (χ3v) is 5.13. The molecule has 0 aliphatic carbocycles. The van der Waals surface area contributed by atoms with Gasteiger partial charge in [0.25, 0.3) is 0 Å². The Bertz CT molecular complexity index is 757. The van der Waals surface area contributed by atoms with Crippen molar-refractivity contribution in [1.82, 2.24) is 16.0 Å². The quantitative estimate of drug-likeness (QED) is 0.144. The first-order valence-corrected chi connectivity index (χ1v) is 11.0. The van der Waals surface area contributed by atoms with E-state index < -0.39 is 78.6 Å². The molecule has 0 aliphatic rings. The van der Waals surface area contributed by atoms with E-state index >= 15 is 0 Å². The van der Waals surface area contributed by atoms with Crippen LogP contribution in [0.4, 0.5) is 0 Å². The molecule has 0 heterocycles. The van der Waals surface area contributed by atoms with Crippen LogP contribution in [0.25, 0.3) is 0 Å². The monoisotopic (exact) mass is 488 g/mol. The fourth-order valence-electron chi connectivity index (χ4n) is 3.02. The van der Waals surface area contributed by atoms with Crippen LogP contribution in [0, 0.1) is 11.8 Å². The molecule has 8 N–H and O–H groups in total. The van der Waals surface area contributed by atoms with Gasteiger partial charge >= 0.3 is 17.9 Å². The summed E-state index contributed by atoms with van der Waals surface area (Å²) < 4.78 is 0. The summed E-state index contributed by atoms with van der Waals surface area (Å²) in [7, 11) is 0. The Hall–Kier alpha value is -3.22. The smallest absolute Gasteiger partial charge is 0.326 e. The molecule has 0 bridgehead atoms. The highest BCUT2D eigenvalue weighted by Crippen LogP contribution is 2.11. The van der Waals surface area contributed by atoms with Gasteiger partial charge in [-0.15, -0.1) is 0 Å². The van der Waals surface area contributed by atoms with Crippen molar-refractivity contribution in [1.29, 1.82) is 0 Å². The van der Waals surface area contributed by atoms with E-state index in [-0.39, 0.29) is 12.3 Å². The van der Waals surface area contributed by atoms with Crippen molar-refractivity contribution in [3.05, 3.63) is 0 Å². The van der Waals surface area contributed by atoms with Gasteiger partial charge < -0.3 is 37.0 Å². The Balaban J connectivity index is 5.63. The molecular weight excluding hydrogens is 452 g/mol. The van der Waals surface area contributed by atoms with Gasteiger partial charge in [0.05, 0.1) is 12.5 Å². The zero-order valence-corrected chi connectivity index (χ0v) is 19.9. The summed E-state index contributed by atoms with van der Waals surface area (Å²) in [5.41, 5.74) is 5.84. The van der Waals surface area contributed by atoms with E-state index in [1.165, 1.54) is 0 Å². The molecule has 5 atom stereocenters. The standard InChI is InChI=1S/C21H36N4O9/c1-5-11(4)17(20(32)24-14(21(33)34)9-16(28)29)25-19(31)13(6-7-15(26)27)23-18(30)12(22)8-10(2)3/h10-14,17H,5-9,22H2,1-4H3,(H,23,30)(H,24,32)(H,25,31)(H,26,27)(H,28,29)(H,33,34)/t11-,12-,13-,14-,17-/m0/s1. The maximum Gasteiger partial charge on any atom is 0.326 e. The summed E-state index contributed by atoms with van der Waals surface area (Å²) in [5, 5.41) is 34.0. The molecule has 0 aromatic carbocycles. The molecule has 0 aliphatic heterocycles. The van der Waals surface area contributed by atoms with E-state index in [4.69, 9.17) is 15.9 Å². The van der Waals surface area contributed by atoms with Crippen LogP contribution in [-0.2, 0) is 28.8 Å². The van der Waals surface area contributed by atoms with Crippen molar-refractivity contribution in [3.8, 4) is 0 Å². The molecule has 0 saturated heterocycles. The summed E-state index contributed by atoms with van der Waals surface area (Å²) in [6, 6.07) is -5.22. The zero-order chi connectivity index (χ0) is 26.6. The first-order chi connectivity index (χ1) is 15.7. The third kappa shape index (κ3) is 11.6. The number of amides is 3. The number of hydrogen-bond acceptors (Lipinski definition) is 7. The Kier molecular flexibility index (Phi) is 13.4. The van der Waals surface area contributed by atoms with Crippen LogP contribution in [0.15, 0.2) is 0 Å². The van der Waals surface area contributed by atoms with Gasteiger partial charge in [-0.3, -0.25) is 24.0 Å². The zero-order valence-electron chi connectivity index (χ0n) is 19.9. The minimum absolute atomic E-state index is 0.0958. The minimum atomic E-state index is -1.72. The fourth-order valence-corrected chi connectivity index (χ4v) is 3.02. The molecule has 0 saturated carbocycles. The molecule has 0 fully saturated rings. The van der Waals surface area contributed by atoms with E-state index in [0.29, 0.717) is 12.8 Å². The molecule has 3 amide bonds. The lowest BCUT2D eigenvalue weighted by molar-refractivity contribution is -0.147. The Morgan fingerprint density at radius 3 is 1.79 bits per heavy atom. The van der Waals surface area contributed by atoms with Crippen molar-refractivity contribution in [2.45, 2.75) is 84.0 Å². The first-order valence-electron chi connectivity index (χ1n) is 11.0. The fraction of sp³-hybridized carbons (Fsp3) is 0.714. The number of hydrogen-bond donors (Lipinski definition) is 7. The number of aliphatic carboxylic acids is 3. The van der Waals surface area contributed by atoms with Crippen molar-refractivity contribution in [3.63, 3.8) is 0 Å². The number of carboxylic acid groups (broad SMARTS) is 3. The van der Waals surface area contributed by atoms with Crippen LogP contribution < -0.4 is 21.7 Å². The van der Waals surface area contributed by atoms with E-state index in [2.05, 4.69) is 16.0 Å². The number of nitrogens with two attached hydrogens (primary N) is 1. The van der Waals surface area contributed by atoms with Crippen molar-refractivity contribution in [2.75, 3.05) is 0 Å². The van der Waals surface area contributed by atoms with Gasteiger partial charge in [-0.1, -0.05) is 34.1 Å². The van der Waals surface area contributed by atoms with Crippen LogP contribution in [0.5, 0.6) is 0 Å². The largest absolute Gasteiger partial charge is 0.481 e. The highest BCUT2D eigenvalue weighted by atomic mass is 16.4. The number of carboxylic acids is 3. The summed E-state index contributed by atoms with van der Waals surface area (Å²) >= 11 is 0. The van der Waals surface area contributed by atoms with Gasteiger partial charge in [0.1, 0.15) is 18.1 Å². The van der Waals surface area contributed by atoms with Crippen molar-refractivity contribution in [2.24, 2.45) is 17.6 Å². The average Bonchev–Trinajstić information content (AvgIpc) is 2.72. The van der Waals surface area contributed by atoms with E-state index in [0.717, 1.165) is 0 Å². The number of carbonyl (C=O) groups is 6. The van der Waals surface area contributed by atoms with E-state index in [9.17, 15) is 33.9 Å². The van der Waals surface area contributed by atoms with Gasteiger partial charge in [-0.2, -0.15) is 0 Å². The molecule has 194 valence electrons. The molecule has 0 aromatic rings. The first kappa shape index (κ1) is 30.8. The lowest BCUT2D eigenvalue weighted by atomic mass is 9.96. The third-order valence-electron chi connectivity index (χ3n) is 5.13. The number of carbonyl (C=O) groups excluding carboxylic acids is 3. The van der Waals surface area contributed by atoms with Gasteiger partial charge in [-0.25, -0.2) is 4.79 Å². The highest BCUT2D eigenvalue weighted by Gasteiger charge is 2.33. The maximum absolute atomic E-state index is 12.9. The van der Waals surface area contributed by atoms with Crippen molar-refractivity contribution >= 4 is 35.6 Å². The van der Waals surface area contributed by atoms with Crippen LogP contribution in [0.3, 0.4) is 0 Å². The predicted molar refractivity (Wildman–Crippen MR) is 119 cm³/mol. The molecule has 13 nitrogen and oxygen atoms in total. The second kappa shape index (κ2) is 14.8. The lowest BCUT2D eigenvalue weighted by Crippen LogP contribution is -2.58. The predicted octanol–water partition coefficient (Wildman–Crippen LogP) is -0.716. The highest BCUT2D eigenvalue weighted by molar-refractivity contribution is 5.95. The molecule has 13 heteroatoms. The van der Waals surface area contributed by atoms with Crippen LogP contribution in [0.2, 0.25) is 0 Å². The lowest BCUT2D eigenvalue weighted by Gasteiger charge is -2.28. The average molecular weight is 489 g/mol. The van der Waals surface area contributed by atoms with Gasteiger partial charge in [0.2, 0.25) is 17.7 Å². The van der Waals surface area contributed by atoms with Crippen LogP contribution in [-0.4, -0.2) is 75.1 Å². The maximum atomic E-state index is 12.9. The van der Waals surface area contributed by atoms with E-state index in [1.54, 1.807) is 13.8 Å². The van der Waals surface area contributed by atoms with Gasteiger partial charge in [0, 0.05) is 6.42 Å². The summed E-state index contributed by atoms with van der Waals surface area (Å²) in [6.07, 6.45) is -0.866. The molecule has 0 rings (SSSR count). The number of rotatable bonds is 16. The number of nitrogens with one attached hydrogen (secondary N) is 3. The second-order valence-electron chi connectivity index (χ2n) is 8.60. The molecule has 0 unspecified atom stereocenters. The molecular formula is C21H36N4O9. The van der Waals surface area contributed by atoms with Crippen LogP contribution >= 0.6 is 0 Å².